The molecule has 0 atom stereocenters. The molecule has 1 aromatic carbocycles. The Kier molecular flexibility index (Phi) is 5.04. The molecule has 108 valence electrons. The van der Waals surface area contributed by atoms with Gasteiger partial charge in [0.25, 0.3) is 0 Å². The molecule has 2 rings (SSSR count). The topological polar surface area (TPSA) is 30.5 Å². The van der Waals surface area contributed by atoms with E-state index >= 15 is 0 Å². The zero-order valence-corrected chi connectivity index (χ0v) is 13.3. The van der Waals surface area contributed by atoms with Gasteiger partial charge in [0.1, 0.15) is 0 Å². The monoisotopic (exact) mass is 291 g/mol. The van der Waals surface area contributed by atoms with Crippen LogP contribution in [0.3, 0.4) is 0 Å². The number of thiophene rings is 1. The van der Waals surface area contributed by atoms with Crippen molar-refractivity contribution < 1.29 is 9.47 Å². The number of nitrogens with one attached hydrogen (secondary N) is 1. The lowest BCUT2D eigenvalue weighted by Gasteiger charge is -2.12. The van der Waals surface area contributed by atoms with Crippen molar-refractivity contribution in [3.05, 3.63) is 45.1 Å². The van der Waals surface area contributed by atoms with Crippen LogP contribution in [0.1, 0.15) is 20.9 Å². The molecule has 0 saturated carbocycles. The van der Waals surface area contributed by atoms with E-state index in [1.54, 1.807) is 14.2 Å². The van der Waals surface area contributed by atoms with Gasteiger partial charge in [-0.15, -0.1) is 11.3 Å². The Hall–Kier alpha value is -1.52. The summed E-state index contributed by atoms with van der Waals surface area (Å²) in [5.41, 5.74) is 2.47. The molecule has 0 aliphatic carbocycles. The van der Waals surface area contributed by atoms with Crippen LogP contribution < -0.4 is 14.8 Å². The second-order valence-corrected chi connectivity index (χ2v) is 6.05. The fraction of sp³-hybridized carbons (Fsp3) is 0.375. The standard InChI is InChI=1S/C16H21NO2S/c1-11-8-14(20-12(11)2)10-17-9-13-6-5-7-15(18-3)16(13)19-4/h5-8,17H,9-10H2,1-4H3. The first kappa shape index (κ1) is 14.9. The number of rotatable bonds is 6. The summed E-state index contributed by atoms with van der Waals surface area (Å²) in [5.74, 6) is 1.58. The van der Waals surface area contributed by atoms with Gasteiger partial charge in [-0.25, -0.2) is 0 Å². The zero-order valence-electron chi connectivity index (χ0n) is 12.4. The summed E-state index contributed by atoms with van der Waals surface area (Å²) in [6.45, 7) is 5.95. The van der Waals surface area contributed by atoms with Crippen molar-refractivity contribution in [2.24, 2.45) is 0 Å². The summed E-state index contributed by atoms with van der Waals surface area (Å²) in [4.78, 5) is 2.75. The molecule has 20 heavy (non-hydrogen) atoms. The molecule has 2 aromatic rings. The summed E-state index contributed by atoms with van der Waals surface area (Å²) in [6.07, 6.45) is 0. The Morgan fingerprint density at radius 2 is 1.90 bits per heavy atom. The first-order chi connectivity index (χ1) is 9.65. The second kappa shape index (κ2) is 6.77. The van der Waals surface area contributed by atoms with Crippen LogP contribution in [0.4, 0.5) is 0 Å². The molecule has 1 heterocycles. The van der Waals surface area contributed by atoms with E-state index in [1.807, 2.05) is 23.5 Å². The molecule has 0 aliphatic rings. The molecule has 1 N–H and O–H groups in total. The maximum atomic E-state index is 5.43. The minimum absolute atomic E-state index is 0.760. The Morgan fingerprint density at radius 1 is 1.10 bits per heavy atom. The highest BCUT2D eigenvalue weighted by Crippen LogP contribution is 2.30. The predicted molar refractivity (Wildman–Crippen MR) is 83.9 cm³/mol. The number of hydrogen-bond donors (Lipinski definition) is 1. The van der Waals surface area contributed by atoms with Crippen LogP contribution >= 0.6 is 11.3 Å². The number of aryl methyl sites for hydroxylation is 2. The molecular weight excluding hydrogens is 270 g/mol. The lowest BCUT2D eigenvalue weighted by atomic mass is 10.2. The Morgan fingerprint density at radius 3 is 2.50 bits per heavy atom. The second-order valence-electron chi connectivity index (χ2n) is 4.71. The Bertz CT molecular complexity index is 558. The molecule has 0 saturated heterocycles. The number of ether oxygens (including phenoxy) is 2. The zero-order chi connectivity index (χ0) is 14.5. The molecule has 0 radical (unpaired) electrons. The molecule has 0 fully saturated rings. The van der Waals surface area contributed by atoms with Gasteiger partial charge >= 0.3 is 0 Å². The van der Waals surface area contributed by atoms with Gasteiger partial charge < -0.3 is 14.8 Å². The van der Waals surface area contributed by atoms with Crippen LogP contribution in [0.5, 0.6) is 11.5 Å². The molecule has 0 aliphatic heterocycles. The highest BCUT2D eigenvalue weighted by atomic mass is 32.1. The molecule has 0 spiro atoms. The van der Waals surface area contributed by atoms with Crippen LogP contribution in [-0.2, 0) is 13.1 Å². The van der Waals surface area contributed by atoms with Crippen molar-refractivity contribution in [1.82, 2.24) is 5.32 Å². The first-order valence-electron chi connectivity index (χ1n) is 6.62. The number of methoxy groups -OCH3 is 2. The molecule has 0 unspecified atom stereocenters. The van der Waals surface area contributed by atoms with Crippen LogP contribution in [0.15, 0.2) is 24.3 Å². The minimum atomic E-state index is 0.760. The van der Waals surface area contributed by atoms with E-state index in [1.165, 1.54) is 15.3 Å². The fourth-order valence-corrected chi connectivity index (χ4v) is 3.17. The number of hydrogen-bond acceptors (Lipinski definition) is 4. The van der Waals surface area contributed by atoms with E-state index in [0.29, 0.717) is 0 Å². The van der Waals surface area contributed by atoms with Gasteiger partial charge in [0.15, 0.2) is 11.5 Å². The van der Waals surface area contributed by atoms with Gasteiger partial charge in [-0.2, -0.15) is 0 Å². The van der Waals surface area contributed by atoms with Gasteiger partial charge in [-0.05, 0) is 31.5 Å². The van der Waals surface area contributed by atoms with Crippen LogP contribution in [-0.4, -0.2) is 14.2 Å². The lowest BCUT2D eigenvalue weighted by Crippen LogP contribution is -2.12. The molecular formula is C16H21NO2S. The molecule has 1 aromatic heterocycles. The summed E-state index contributed by atoms with van der Waals surface area (Å²) >= 11 is 1.85. The van der Waals surface area contributed by atoms with E-state index in [9.17, 15) is 0 Å². The van der Waals surface area contributed by atoms with E-state index < -0.39 is 0 Å². The van der Waals surface area contributed by atoms with E-state index in [-0.39, 0.29) is 0 Å². The molecule has 4 heteroatoms. The minimum Gasteiger partial charge on any atom is -0.493 e. The molecule has 0 bridgehead atoms. The summed E-state index contributed by atoms with van der Waals surface area (Å²) in [5, 5.41) is 3.46. The average Bonchev–Trinajstić information content (AvgIpc) is 2.77. The van der Waals surface area contributed by atoms with Crippen LogP contribution in [0.25, 0.3) is 0 Å². The Labute approximate surface area is 124 Å². The predicted octanol–water partition coefficient (Wildman–Crippen LogP) is 3.67. The highest BCUT2D eigenvalue weighted by molar-refractivity contribution is 7.12. The normalized spacial score (nSPS) is 10.6. The van der Waals surface area contributed by atoms with Crippen LogP contribution in [0.2, 0.25) is 0 Å². The van der Waals surface area contributed by atoms with Crippen molar-refractivity contribution in [1.29, 1.82) is 0 Å². The SMILES string of the molecule is COc1cccc(CNCc2cc(C)c(C)s2)c1OC. The van der Waals surface area contributed by atoms with Gasteiger partial charge in [-0.3, -0.25) is 0 Å². The number of para-hydroxylation sites is 1. The first-order valence-corrected chi connectivity index (χ1v) is 7.44. The van der Waals surface area contributed by atoms with Crippen molar-refractivity contribution in [3.63, 3.8) is 0 Å². The van der Waals surface area contributed by atoms with Crippen LogP contribution in [0, 0.1) is 13.8 Å². The fourth-order valence-electron chi connectivity index (χ4n) is 2.15. The number of benzene rings is 1. The van der Waals surface area contributed by atoms with E-state index in [0.717, 1.165) is 30.2 Å². The van der Waals surface area contributed by atoms with E-state index in [4.69, 9.17) is 9.47 Å². The summed E-state index contributed by atoms with van der Waals surface area (Å²) < 4.78 is 10.7. The van der Waals surface area contributed by atoms with Gasteiger partial charge in [0.05, 0.1) is 14.2 Å². The molecule has 3 nitrogen and oxygen atoms in total. The smallest absolute Gasteiger partial charge is 0.165 e. The maximum Gasteiger partial charge on any atom is 0.165 e. The van der Waals surface area contributed by atoms with Gasteiger partial charge in [0, 0.05) is 28.4 Å². The third kappa shape index (κ3) is 3.32. The average molecular weight is 291 g/mol. The summed E-state index contributed by atoms with van der Waals surface area (Å²) in [7, 11) is 3.33. The lowest BCUT2D eigenvalue weighted by molar-refractivity contribution is 0.350. The highest BCUT2D eigenvalue weighted by Gasteiger charge is 2.09. The third-order valence-corrected chi connectivity index (χ3v) is 4.47. The summed E-state index contributed by atoms with van der Waals surface area (Å²) in [6, 6.07) is 8.20. The largest absolute Gasteiger partial charge is 0.493 e. The van der Waals surface area contributed by atoms with E-state index in [2.05, 4.69) is 31.3 Å². The van der Waals surface area contributed by atoms with Crippen molar-refractivity contribution in [2.45, 2.75) is 26.9 Å². The molecule has 0 amide bonds. The Balaban J connectivity index is 2.00. The third-order valence-electron chi connectivity index (χ3n) is 3.32. The van der Waals surface area contributed by atoms with Gasteiger partial charge in [-0.1, -0.05) is 12.1 Å². The van der Waals surface area contributed by atoms with Gasteiger partial charge in [0.2, 0.25) is 0 Å². The quantitative estimate of drug-likeness (QED) is 0.881. The maximum absolute atomic E-state index is 5.43. The van der Waals surface area contributed by atoms with Crippen molar-refractivity contribution >= 4 is 11.3 Å². The van der Waals surface area contributed by atoms with Crippen molar-refractivity contribution in [3.8, 4) is 11.5 Å². The van der Waals surface area contributed by atoms with Crippen molar-refractivity contribution in [2.75, 3.05) is 14.2 Å².